The molecule has 0 fully saturated rings. The first kappa shape index (κ1) is 14.4. The monoisotopic (exact) mass is 251 g/mol. The van der Waals surface area contributed by atoms with Crippen molar-refractivity contribution in [3.63, 3.8) is 0 Å². The Hall–Kier alpha value is -1.71. The molecule has 0 aliphatic rings. The molecule has 1 aromatic carbocycles. The number of hydrogen-bond donors (Lipinski definition) is 1. The first-order valence-electron chi connectivity index (χ1n) is 5.84. The number of ether oxygens (including phenoxy) is 2. The first-order chi connectivity index (χ1) is 8.31. The van der Waals surface area contributed by atoms with Gasteiger partial charge in [0.15, 0.2) is 0 Å². The van der Waals surface area contributed by atoms with Gasteiger partial charge in [0, 0.05) is 11.0 Å². The Kier molecular flexibility index (Phi) is 4.22. The molecule has 1 N–H and O–H groups in total. The Balaban J connectivity index is 3.17. The number of nitrogens with one attached hydrogen (secondary N) is 1. The lowest BCUT2D eigenvalue weighted by Crippen LogP contribution is -2.28. The number of hydrogen-bond acceptors (Lipinski definition) is 3. The van der Waals surface area contributed by atoms with Crippen LogP contribution in [0.5, 0.6) is 11.5 Å². The van der Waals surface area contributed by atoms with Crippen molar-refractivity contribution in [1.29, 1.82) is 0 Å². The highest BCUT2D eigenvalue weighted by molar-refractivity contribution is 5.97. The van der Waals surface area contributed by atoms with Gasteiger partial charge in [-0.1, -0.05) is 20.8 Å². The highest BCUT2D eigenvalue weighted by Crippen LogP contribution is 2.35. The number of amides is 1. The molecule has 0 bridgehead atoms. The minimum atomic E-state index is -0.458. The van der Waals surface area contributed by atoms with Crippen LogP contribution in [0.4, 0.5) is 5.69 Å². The van der Waals surface area contributed by atoms with Crippen LogP contribution in [0.25, 0.3) is 0 Å². The van der Waals surface area contributed by atoms with Crippen LogP contribution < -0.4 is 14.8 Å². The summed E-state index contributed by atoms with van der Waals surface area (Å²) in [5.74, 6) is 1.29. The summed E-state index contributed by atoms with van der Waals surface area (Å²) in [4.78, 5) is 12.0. The van der Waals surface area contributed by atoms with E-state index < -0.39 is 5.41 Å². The molecule has 100 valence electrons. The number of methoxy groups -OCH3 is 2. The standard InChI is InChI=1S/C14H21NO3/c1-9-10(17-5)7-8-11(18-6)12(9)15-13(16)14(2,3)4/h7-8H,1-6H3,(H,15,16). The van der Waals surface area contributed by atoms with E-state index in [1.807, 2.05) is 33.8 Å². The molecule has 4 nitrogen and oxygen atoms in total. The Labute approximate surface area is 108 Å². The zero-order chi connectivity index (χ0) is 13.9. The molecule has 0 saturated carbocycles. The van der Waals surface area contributed by atoms with Gasteiger partial charge in [0.25, 0.3) is 0 Å². The molecule has 1 amide bonds. The van der Waals surface area contributed by atoms with E-state index in [1.54, 1.807) is 20.3 Å². The molecule has 0 unspecified atom stereocenters. The molecule has 0 saturated heterocycles. The zero-order valence-corrected chi connectivity index (χ0v) is 11.9. The third-order valence-corrected chi connectivity index (χ3v) is 2.74. The molecule has 1 aromatic rings. The van der Waals surface area contributed by atoms with Gasteiger partial charge >= 0.3 is 0 Å². The van der Waals surface area contributed by atoms with E-state index in [1.165, 1.54) is 0 Å². The Bertz CT molecular complexity index is 447. The van der Waals surface area contributed by atoms with E-state index in [2.05, 4.69) is 5.32 Å². The molecule has 0 atom stereocenters. The van der Waals surface area contributed by atoms with Crippen LogP contribution in [0.2, 0.25) is 0 Å². The molecule has 0 aliphatic carbocycles. The van der Waals surface area contributed by atoms with Crippen LogP contribution in [-0.2, 0) is 4.79 Å². The van der Waals surface area contributed by atoms with Gasteiger partial charge in [0.1, 0.15) is 11.5 Å². The van der Waals surface area contributed by atoms with Crippen molar-refractivity contribution in [2.24, 2.45) is 5.41 Å². The summed E-state index contributed by atoms with van der Waals surface area (Å²) in [6.07, 6.45) is 0. The minimum Gasteiger partial charge on any atom is -0.496 e. The predicted molar refractivity (Wildman–Crippen MR) is 72.4 cm³/mol. The molecular formula is C14H21NO3. The van der Waals surface area contributed by atoms with Crippen molar-refractivity contribution in [2.75, 3.05) is 19.5 Å². The van der Waals surface area contributed by atoms with Gasteiger partial charge in [0.05, 0.1) is 19.9 Å². The van der Waals surface area contributed by atoms with E-state index in [0.29, 0.717) is 11.4 Å². The van der Waals surface area contributed by atoms with Crippen molar-refractivity contribution in [3.05, 3.63) is 17.7 Å². The third-order valence-electron chi connectivity index (χ3n) is 2.74. The summed E-state index contributed by atoms with van der Waals surface area (Å²) in [5, 5.41) is 2.90. The van der Waals surface area contributed by atoms with E-state index in [0.717, 1.165) is 11.3 Å². The lowest BCUT2D eigenvalue weighted by molar-refractivity contribution is -0.123. The average Bonchev–Trinajstić information content (AvgIpc) is 2.30. The van der Waals surface area contributed by atoms with Crippen molar-refractivity contribution in [2.45, 2.75) is 27.7 Å². The van der Waals surface area contributed by atoms with Crippen LogP contribution in [0.3, 0.4) is 0 Å². The van der Waals surface area contributed by atoms with Gasteiger partial charge in [-0.3, -0.25) is 4.79 Å². The normalized spacial score (nSPS) is 11.0. The Morgan fingerprint density at radius 2 is 1.61 bits per heavy atom. The fourth-order valence-corrected chi connectivity index (χ4v) is 1.52. The number of rotatable bonds is 3. The molecule has 0 radical (unpaired) electrons. The topological polar surface area (TPSA) is 47.6 Å². The third kappa shape index (κ3) is 2.94. The fourth-order valence-electron chi connectivity index (χ4n) is 1.52. The second kappa shape index (κ2) is 5.29. The predicted octanol–water partition coefficient (Wildman–Crippen LogP) is 3.00. The van der Waals surface area contributed by atoms with Crippen molar-refractivity contribution in [1.82, 2.24) is 0 Å². The Morgan fingerprint density at radius 3 is 2.06 bits per heavy atom. The Morgan fingerprint density at radius 1 is 1.11 bits per heavy atom. The van der Waals surface area contributed by atoms with E-state index in [-0.39, 0.29) is 5.91 Å². The van der Waals surface area contributed by atoms with E-state index >= 15 is 0 Å². The minimum absolute atomic E-state index is 0.0582. The van der Waals surface area contributed by atoms with Gasteiger partial charge in [0.2, 0.25) is 5.91 Å². The second-order valence-corrected chi connectivity index (χ2v) is 5.17. The number of carbonyl (C=O) groups excluding carboxylic acids is 1. The summed E-state index contributed by atoms with van der Waals surface area (Å²) in [5.41, 5.74) is 1.06. The van der Waals surface area contributed by atoms with Gasteiger partial charge in [-0.05, 0) is 19.1 Å². The maximum absolute atomic E-state index is 12.0. The smallest absolute Gasteiger partial charge is 0.229 e. The average molecular weight is 251 g/mol. The van der Waals surface area contributed by atoms with Gasteiger partial charge in [-0.25, -0.2) is 0 Å². The summed E-state index contributed by atoms with van der Waals surface area (Å²) in [7, 11) is 3.18. The van der Waals surface area contributed by atoms with Gasteiger partial charge in [-0.2, -0.15) is 0 Å². The molecule has 1 rings (SSSR count). The molecule has 0 spiro atoms. The van der Waals surface area contributed by atoms with Crippen molar-refractivity contribution in [3.8, 4) is 11.5 Å². The molecular weight excluding hydrogens is 230 g/mol. The maximum atomic E-state index is 12.0. The number of benzene rings is 1. The fraction of sp³-hybridized carbons (Fsp3) is 0.500. The van der Waals surface area contributed by atoms with Crippen molar-refractivity contribution < 1.29 is 14.3 Å². The molecule has 18 heavy (non-hydrogen) atoms. The largest absolute Gasteiger partial charge is 0.496 e. The second-order valence-electron chi connectivity index (χ2n) is 5.17. The van der Waals surface area contributed by atoms with Crippen LogP contribution in [0.15, 0.2) is 12.1 Å². The maximum Gasteiger partial charge on any atom is 0.229 e. The molecule has 0 aliphatic heterocycles. The molecule has 0 aromatic heterocycles. The summed E-state index contributed by atoms with van der Waals surface area (Å²) in [6.45, 7) is 7.48. The first-order valence-corrected chi connectivity index (χ1v) is 5.84. The quantitative estimate of drug-likeness (QED) is 0.898. The van der Waals surface area contributed by atoms with Crippen LogP contribution >= 0.6 is 0 Å². The van der Waals surface area contributed by atoms with Crippen LogP contribution in [0, 0.1) is 12.3 Å². The molecule has 4 heteroatoms. The summed E-state index contributed by atoms with van der Waals surface area (Å²) < 4.78 is 10.5. The van der Waals surface area contributed by atoms with Crippen LogP contribution in [0.1, 0.15) is 26.3 Å². The highest BCUT2D eigenvalue weighted by Gasteiger charge is 2.23. The van der Waals surface area contributed by atoms with Crippen molar-refractivity contribution >= 4 is 11.6 Å². The van der Waals surface area contributed by atoms with E-state index in [4.69, 9.17) is 9.47 Å². The van der Waals surface area contributed by atoms with Gasteiger partial charge in [-0.15, -0.1) is 0 Å². The van der Waals surface area contributed by atoms with E-state index in [9.17, 15) is 4.79 Å². The highest BCUT2D eigenvalue weighted by atomic mass is 16.5. The van der Waals surface area contributed by atoms with Gasteiger partial charge < -0.3 is 14.8 Å². The summed E-state index contributed by atoms with van der Waals surface area (Å²) in [6, 6.07) is 3.60. The number of carbonyl (C=O) groups is 1. The lowest BCUT2D eigenvalue weighted by Gasteiger charge is -2.21. The molecule has 0 heterocycles. The zero-order valence-electron chi connectivity index (χ0n) is 11.9. The van der Waals surface area contributed by atoms with Crippen LogP contribution in [-0.4, -0.2) is 20.1 Å². The lowest BCUT2D eigenvalue weighted by atomic mass is 9.95. The summed E-state index contributed by atoms with van der Waals surface area (Å²) >= 11 is 0. The SMILES string of the molecule is COc1ccc(OC)c(NC(=O)C(C)(C)C)c1C. The number of anilines is 1.